The number of benzene rings is 2. The summed E-state index contributed by atoms with van der Waals surface area (Å²) in [4.78, 5) is 0.258. The maximum atomic E-state index is 13.7. The highest BCUT2D eigenvalue weighted by Crippen LogP contribution is 2.39. The van der Waals surface area contributed by atoms with Gasteiger partial charge < -0.3 is 10.5 Å². The maximum Gasteiger partial charge on any atom is 0.136 e. The molecule has 0 saturated heterocycles. The Labute approximate surface area is 119 Å². The molecule has 2 aromatic rings. The molecule has 2 unspecified atom stereocenters. The van der Waals surface area contributed by atoms with Crippen LogP contribution < -0.4 is 10.5 Å². The summed E-state index contributed by atoms with van der Waals surface area (Å²) in [7, 11) is 0. The minimum Gasteiger partial charge on any atom is -0.492 e. The van der Waals surface area contributed by atoms with Crippen molar-refractivity contribution in [1.82, 2.24) is 0 Å². The van der Waals surface area contributed by atoms with E-state index in [-0.39, 0.29) is 16.2 Å². The molecule has 3 rings (SSSR count). The van der Waals surface area contributed by atoms with E-state index in [1.807, 2.05) is 24.3 Å². The Morgan fingerprint density at radius 3 is 2.80 bits per heavy atom. The van der Waals surface area contributed by atoms with Gasteiger partial charge in [-0.15, -0.1) is 11.8 Å². The van der Waals surface area contributed by atoms with Crippen LogP contribution in [0.5, 0.6) is 5.75 Å². The van der Waals surface area contributed by atoms with Gasteiger partial charge in [-0.3, -0.25) is 0 Å². The molecule has 0 spiro atoms. The van der Waals surface area contributed by atoms with E-state index in [1.165, 1.54) is 17.8 Å². The minimum atomic E-state index is -0.459. The first kappa shape index (κ1) is 13.4. The second kappa shape index (κ2) is 5.42. The van der Waals surface area contributed by atoms with Gasteiger partial charge in [-0.2, -0.15) is 0 Å². The highest BCUT2D eigenvalue weighted by Gasteiger charge is 2.29. The van der Waals surface area contributed by atoms with E-state index in [0.29, 0.717) is 6.61 Å². The van der Waals surface area contributed by atoms with E-state index in [4.69, 9.17) is 10.5 Å². The smallest absolute Gasteiger partial charge is 0.136 e. The molecule has 0 bridgehead atoms. The summed E-state index contributed by atoms with van der Waals surface area (Å²) in [5.41, 5.74) is 7.11. The Bertz CT molecular complexity index is 635. The molecule has 2 aromatic carbocycles. The summed E-state index contributed by atoms with van der Waals surface area (Å²) in [6, 6.07) is 10.7. The molecule has 0 fully saturated rings. The van der Waals surface area contributed by atoms with Crippen molar-refractivity contribution in [2.24, 2.45) is 5.73 Å². The molecule has 1 heterocycles. The average Bonchev–Trinajstić information content (AvgIpc) is 2.46. The third kappa shape index (κ3) is 2.51. The first-order chi connectivity index (χ1) is 9.65. The molecule has 0 aromatic heterocycles. The lowest BCUT2D eigenvalue weighted by Crippen LogP contribution is -2.33. The van der Waals surface area contributed by atoms with Crippen LogP contribution in [-0.2, 0) is 0 Å². The largest absolute Gasteiger partial charge is 0.492 e. The van der Waals surface area contributed by atoms with Crippen LogP contribution in [0.4, 0.5) is 8.78 Å². The highest BCUT2D eigenvalue weighted by molar-refractivity contribution is 8.00. The van der Waals surface area contributed by atoms with Gasteiger partial charge in [-0.25, -0.2) is 8.78 Å². The summed E-state index contributed by atoms with van der Waals surface area (Å²) in [6.07, 6.45) is 0. The molecule has 2 nitrogen and oxygen atoms in total. The zero-order valence-electron chi connectivity index (χ0n) is 10.6. The standard InChI is InChI=1S/C15H13F2NOS/c16-9-5-6-11(17)13(7-9)20-14-8-19-12-4-2-1-3-10(12)15(14)18/h1-7,14-15H,8,18H2. The van der Waals surface area contributed by atoms with Gasteiger partial charge in [-0.1, -0.05) is 18.2 Å². The van der Waals surface area contributed by atoms with Crippen molar-refractivity contribution in [3.8, 4) is 5.75 Å². The van der Waals surface area contributed by atoms with Crippen molar-refractivity contribution in [2.45, 2.75) is 16.2 Å². The summed E-state index contributed by atoms with van der Waals surface area (Å²) >= 11 is 1.21. The van der Waals surface area contributed by atoms with Gasteiger partial charge in [0, 0.05) is 16.5 Å². The van der Waals surface area contributed by atoms with Crippen LogP contribution in [-0.4, -0.2) is 11.9 Å². The summed E-state index contributed by atoms with van der Waals surface area (Å²) in [6.45, 7) is 0.374. The van der Waals surface area contributed by atoms with Crippen LogP contribution >= 0.6 is 11.8 Å². The van der Waals surface area contributed by atoms with E-state index in [2.05, 4.69) is 0 Å². The number of para-hydroxylation sites is 1. The molecule has 1 aliphatic rings. The SMILES string of the molecule is NC1c2ccccc2OCC1Sc1cc(F)ccc1F. The molecule has 0 aliphatic carbocycles. The zero-order valence-corrected chi connectivity index (χ0v) is 11.4. The second-order valence-electron chi connectivity index (χ2n) is 4.61. The van der Waals surface area contributed by atoms with Gasteiger partial charge in [0.2, 0.25) is 0 Å². The van der Waals surface area contributed by atoms with Crippen molar-refractivity contribution in [3.63, 3.8) is 0 Å². The molecule has 1 aliphatic heterocycles. The zero-order chi connectivity index (χ0) is 14.1. The van der Waals surface area contributed by atoms with Crippen LogP contribution in [0.15, 0.2) is 47.4 Å². The number of rotatable bonds is 2. The van der Waals surface area contributed by atoms with Crippen LogP contribution in [0.1, 0.15) is 11.6 Å². The Morgan fingerprint density at radius 1 is 1.15 bits per heavy atom. The minimum absolute atomic E-state index is 0.152. The first-order valence-corrected chi connectivity index (χ1v) is 7.12. The fraction of sp³-hybridized carbons (Fsp3) is 0.200. The predicted octanol–water partition coefficient (Wildman–Crippen LogP) is 3.52. The molecular weight excluding hydrogens is 280 g/mol. The molecular formula is C15H13F2NOS. The Balaban J connectivity index is 1.84. The van der Waals surface area contributed by atoms with Crippen molar-refractivity contribution < 1.29 is 13.5 Å². The Morgan fingerprint density at radius 2 is 1.95 bits per heavy atom. The van der Waals surface area contributed by atoms with Crippen molar-refractivity contribution in [1.29, 1.82) is 0 Å². The van der Waals surface area contributed by atoms with Gasteiger partial charge in [0.05, 0.1) is 5.25 Å². The predicted molar refractivity (Wildman–Crippen MR) is 74.9 cm³/mol. The molecule has 20 heavy (non-hydrogen) atoms. The van der Waals surface area contributed by atoms with Crippen molar-refractivity contribution in [2.75, 3.05) is 6.61 Å². The van der Waals surface area contributed by atoms with Gasteiger partial charge in [0.25, 0.3) is 0 Å². The van der Waals surface area contributed by atoms with Crippen LogP contribution in [0.2, 0.25) is 0 Å². The van der Waals surface area contributed by atoms with Gasteiger partial charge in [0.15, 0.2) is 0 Å². The molecule has 5 heteroatoms. The number of hydrogen-bond donors (Lipinski definition) is 1. The molecule has 2 N–H and O–H groups in total. The fourth-order valence-corrected chi connectivity index (χ4v) is 3.32. The molecule has 0 radical (unpaired) electrons. The fourth-order valence-electron chi connectivity index (χ4n) is 2.20. The number of thioether (sulfide) groups is 1. The van der Waals surface area contributed by atoms with Gasteiger partial charge in [0.1, 0.15) is 24.0 Å². The number of hydrogen-bond acceptors (Lipinski definition) is 3. The average molecular weight is 293 g/mol. The Kier molecular flexibility index (Phi) is 3.63. The van der Waals surface area contributed by atoms with Crippen LogP contribution in [0, 0.1) is 11.6 Å². The third-order valence-electron chi connectivity index (χ3n) is 3.25. The van der Waals surface area contributed by atoms with Crippen LogP contribution in [0.3, 0.4) is 0 Å². The molecule has 104 valence electrons. The number of halogens is 2. The van der Waals surface area contributed by atoms with E-state index in [0.717, 1.165) is 23.4 Å². The summed E-state index contributed by atoms with van der Waals surface area (Å²) < 4.78 is 32.5. The maximum absolute atomic E-state index is 13.7. The molecule has 0 amide bonds. The normalized spacial score (nSPS) is 21.1. The third-order valence-corrected chi connectivity index (χ3v) is 4.55. The van der Waals surface area contributed by atoms with Gasteiger partial charge >= 0.3 is 0 Å². The molecule has 0 saturated carbocycles. The van der Waals surface area contributed by atoms with E-state index in [1.54, 1.807) is 0 Å². The van der Waals surface area contributed by atoms with E-state index >= 15 is 0 Å². The molecule has 2 atom stereocenters. The lowest BCUT2D eigenvalue weighted by Gasteiger charge is -2.30. The van der Waals surface area contributed by atoms with Gasteiger partial charge in [-0.05, 0) is 24.3 Å². The number of ether oxygens (including phenoxy) is 1. The highest BCUT2D eigenvalue weighted by atomic mass is 32.2. The van der Waals surface area contributed by atoms with Crippen molar-refractivity contribution >= 4 is 11.8 Å². The summed E-state index contributed by atoms with van der Waals surface area (Å²) in [5.74, 6) is -0.140. The summed E-state index contributed by atoms with van der Waals surface area (Å²) in [5, 5.41) is -0.152. The number of fused-ring (bicyclic) bond motifs is 1. The van der Waals surface area contributed by atoms with Crippen LogP contribution in [0.25, 0.3) is 0 Å². The lowest BCUT2D eigenvalue weighted by atomic mass is 10.0. The topological polar surface area (TPSA) is 35.2 Å². The Hall–Kier alpha value is -1.59. The second-order valence-corrected chi connectivity index (χ2v) is 5.89. The lowest BCUT2D eigenvalue weighted by molar-refractivity contribution is 0.276. The number of nitrogens with two attached hydrogens (primary N) is 1. The van der Waals surface area contributed by atoms with E-state index < -0.39 is 11.6 Å². The quantitative estimate of drug-likeness (QED) is 0.920. The monoisotopic (exact) mass is 293 g/mol. The first-order valence-electron chi connectivity index (χ1n) is 6.24. The van der Waals surface area contributed by atoms with Crippen molar-refractivity contribution in [3.05, 3.63) is 59.7 Å². The van der Waals surface area contributed by atoms with E-state index in [9.17, 15) is 8.78 Å².